The number of nitrogens with two attached hydrogens (primary N) is 1. The SMILES string of the molecule is CCc1cccc(NC(=O)Nc2ccc(N3C=Nc4occc4C3N)cc2)c1. The summed E-state index contributed by atoms with van der Waals surface area (Å²) in [5.41, 5.74) is 10.6. The second kappa shape index (κ2) is 7.58. The average Bonchev–Trinajstić information content (AvgIpc) is 3.19. The molecule has 1 aliphatic heterocycles. The molecule has 2 amide bonds. The quantitative estimate of drug-likeness (QED) is 0.620. The van der Waals surface area contributed by atoms with E-state index in [-0.39, 0.29) is 12.2 Å². The number of amides is 2. The third kappa shape index (κ3) is 3.60. The van der Waals surface area contributed by atoms with Crippen molar-refractivity contribution in [3.8, 4) is 0 Å². The molecule has 2 aromatic carbocycles. The minimum absolute atomic E-state index is 0.291. The zero-order chi connectivity index (χ0) is 19.5. The molecule has 1 aliphatic rings. The van der Waals surface area contributed by atoms with Gasteiger partial charge in [0.2, 0.25) is 5.88 Å². The molecule has 4 rings (SSSR count). The maximum absolute atomic E-state index is 12.2. The number of hydrogen-bond donors (Lipinski definition) is 3. The molecule has 0 aliphatic carbocycles. The Kier molecular flexibility index (Phi) is 4.82. The Bertz CT molecular complexity index is 1010. The number of aliphatic imine (C=N–C) groups is 1. The maximum atomic E-state index is 12.2. The normalized spacial score (nSPS) is 15.2. The number of fused-ring (bicyclic) bond motifs is 1. The summed E-state index contributed by atoms with van der Waals surface area (Å²) >= 11 is 0. The molecule has 28 heavy (non-hydrogen) atoms. The van der Waals surface area contributed by atoms with Gasteiger partial charge in [-0.1, -0.05) is 19.1 Å². The summed E-state index contributed by atoms with van der Waals surface area (Å²) in [5, 5.41) is 5.68. The molecule has 3 aromatic rings. The van der Waals surface area contributed by atoms with Crippen LogP contribution in [0.2, 0.25) is 0 Å². The Morgan fingerprint density at radius 2 is 1.93 bits per heavy atom. The first-order valence-corrected chi connectivity index (χ1v) is 9.06. The number of anilines is 3. The lowest BCUT2D eigenvalue weighted by molar-refractivity contribution is 0.262. The number of carbonyl (C=O) groups is 1. The van der Waals surface area contributed by atoms with Crippen molar-refractivity contribution in [3.63, 3.8) is 0 Å². The van der Waals surface area contributed by atoms with Crippen LogP contribution in [-0.2, 0) is 6.42 Å². The number of benzene rings is 2. The van der Waals surface area contributed by atoms with Gasteiger partial charge in [0.15, 0.2) is 0 Å². The molecule has 0 spiro atoms. The highest BCUT2D eigenvalue weighted by atomic mass is 16.3. The van der Waals surface area contributed by atoms with Crippen molar-refractivity contribution >= 4 is 35.3 Å². The van der Waals surface area contributed by atoms with Gasteiger partial charge in [-0.25, -0.2) is 9.79 Å². The van der Waals surface area contributed by atoms with Crippen LogP contribution in [0.3, 0.4) is 0 Å². The van der Waals surface area contributed by atoms with E-state index < -0.39 is 0 Å². The van der Waals surface area contributed by atoms with Crippen LogP contribution in [0.25, 0.3) is 0 Å². The van der Waals surface area contributed by atoms with E-state index in [2.05, 4.69) is 22.5 Å². The summed E-state index contributed by atoms with van der Waals surface area (Å²) < 4.78 is 5.28. The number of hydrogen-bond acceptors (Lipinski definition) is 5. The highest BCUT2D eigenvalue weighted by molar-refractivity contribution is 6.00. The highest BCUT2D eigenvalue weighted by Crippen LogP contribution is 2.33. The van der Waals surface area contributed by atoms with Gasteiger partial charge in [-0.05, 0) is 54.4 Å². The third-order valence-electron chi connectivity index (χ3n) is 4.61. The zero-order valence-corrected chi connectivity index (χ0v) is 15.4. The molecule has 0 bridgehead atoms. The number of nitrogens with one attached hydrogen (secondary N) is 2. The van der Waals surface area contributed by atoms with Crippen molar-refractivity contribution in [1.82, 2.24) is 0 Å². The van der Waals surface area contributed by atoms with Gasteiger partial charge in [-0.3, -0.25) is 0 Å². The minimum Gasteiger partial charge on any atom is -0.446 e. The lowest BCUT2D eigenvalue weighted by Gasteiger charge is -2.29. The summed E-state index contributed by atoms with van der Waals surface area (Å²) in [4.78, 5) is 18.4. The smallest absolute Gasteiger partial charge is 0.323 e. The second-order valence-corrected chi connectivity index (χ2v) is 6.46. The Hall–Kier alpha value is -3.58. The van der Waals surface area contributed by atoms with Crippen molar-refractivity contribution in [2.24, 2.45) is 10.7 Å². The highest BCUT2D eigenvalue weighted by Gasteiger charge is 2.24. The molecule has 1 aromatic heterocycles. The molecule has 1 atom stereocenters. The van der Waals surface area contributed by atoms with Crippen molar-refractivity contribution in [1.29, 1.82) is 0 Å². The minimum atomic E-state index is -0.376. The van der Waals surface area contributed by atoms with Crippen LogP contribution in [0.1, 0.15) is 24.2 Å². The van der Waals surface area contributed by atoms with Crippen molar-refractivity contribution in [3.05, 3.63) is 72.0 Å². The molecule has 142 valence electrons. The number of urea groups is 1. The van der Waals surface area contributed by atoms with Gasteiger partial charge < -0.3 is 25.7 Å². The predicted octanol–water partition coefficient (Wildman–Crippen LogP) is 4.62. The molecular formula is C21H21N5O2. The molecule has 0 saturated heterocycles. The van der Waals surface area contributed by atoms with Gasteiger partial charge in [0, 0.05) is 17.1 Å². The summed E-state index contributed by atoms with van der Waals surface area (Å²) in [5.74, 6) is 0.533. The van der Waals surface area contributed by atoms with E-state index in [1.807, 2.05) is 59.5 Å². The molecule has 2 heterocycles. The first kappa shape index (κ1) is 17.8. The first-order valence-electron chi connectivity index (χ1n) is 9.06. The molecule has 7 nitrogen and oxygen atoms in total. The van der Waals surface area contributed by atoms with Crippen LogP contribution in [-0.4, -0.2) is 12.4 Å². The van der Waals surface area contributed by atoms with E-state index in [0.717, 1.165) is 23.4 Å². The maximum Gasteiger partial charge on any atom is 0.323 e. The predicted molar refractivity (Wildman–Crippen MR) is 111 cm³/mol. The molecule has 0 saturated carbocycles. The van der Waals surface area contributed by atoms with E-state index in [1.165, 1.54) is 5.56 Å². The summed E-state index contributed by atoms with van der Waals surface area (Å²) in [6, 6.07) is 16.7. The van der Waals surface area contributed by atoms with Crippen LogP contribution in [0.15, 0.2) is 70.3 Å². The topological polar surface area (TPSA) is 95.9 Å². The Labute approximate surface area is 162 Å². The van der Waals surface area contributed by atoms with E-state index >= 15 is 0 Å². The van der Waals surface area contributed by atoms with Crippen LogP contribution < -0.4 is 21.3 Å². The lowest BCUT2D eigenvalue weighted by atomic mass is 10.1. The van der Waals surface area contributed by atoms with E-state index in [0.29, 0.717) is 11.6 Å². The van der Waals surface area contributed by atoms with Gasteiger partial charge in [0.25, 0.3) is 0 Å². The van der Waals surface area contributed by atoms with Crippen molar-refractivity contribution in [2.75, 3.05) is 15.5 Å². The number of rotatable bonds is 4. The third-order valence-corrected chi connectivity index (χ3v) is 4.61. The average molecular weight is 375 g/mol. The number of nitrogens with zero attached hydrogens (tertiary/aromatic N) is 2. The van der Waals surface area contributed by atoms with Gasteiger partial charge in [-0.15, -0.1) is 0 Å². The molecule has 0 fully saturated rings. The van der Waals surface area contributed by atoms with E-state index in [4.69, 9.17) is 10.2 Å². The molecule has 7 heteroatoms. The monoisotopic (exact) mass is 375 g/mol. The fraction of sp³-hybridized carbons (Fsp3) is 0.143. The Morgan fingerprint density at radius 3 is 2.71 bits per heavy atom. The van der Waals surface area contributed by atoms with Crippen LogP contribution in [0.5, 0.6) is 0 Å². The fourth-order valence-electron chi connectivity index (χ4n) is 3.08. The summed E-state index contributed by atoms with van der Waals surface area (Å²) in [7, 11) is 0. The van der Waals surface area contributed by atoms with Crippen LogP contribution in [0, 0.1) is 0 Å². The zero-order valence-electron chi connectivity index (χ0n) is 15.4. The van der Waals surface area contributed by atoms with Gasteiger partial charge in [0.1, 0.15) is 12.5 Å². The fourth-order valence-corrected chi connectivity index (χ4v) is 3.08. The Morgan fingerprint density at radius 1 is 1.14 bits per heavy atom. The Balaban J connectivity index is 1.41. The molecule has 0 radical (unpaired) electrons. The summed E-state index contributed by atoms with van der Waals surface area (Å²) in [6.07, 6.45) is 3.76. The van der Waals surface area contributed by atoms with E-state index in [9.17, 15) is 4.79 Å². The lowest BCUT2D eigenvalue weighted by Crippen LogP contribution is -2.35. The van der Waals surface area contributed by atoms with Crippen molar-refractivity contribution in [2.45, 2.75) is 19.5 Å². The molecule has 1 unspecified atom stereocenters. The van der Waals surface area contributed by atoms with Crippen LogP contribution in [0.4, 0.5) is 27.7 Å². The largest absolute Gasteiger partial charge is 0.446 e. The standard InChI is InChI=1S/C21H21N5O2/c1-2-14-4-3-5-16(12-14)25-21(27)24-15-6-8-17(9-7-15)26-13-23-20-18(19(26)22)10-11-28-20/h3-13,19H,2,22H2,1H3,(H2,24,25,27). The van der Waals surface area contributed by atoms with Crippen LogP contribution >= 0.6 is 0 Å². The van der Waals surface area contributed by atoms with Crippen molar-refractivity contribution < 1.29 is 9.21 Å². The van der Waals surface area contributed by atoms with Gasteiger partial charge >= 0.3 is 6.03 Å². The van der Waals surface area contributed by atoms with Gasteiger partial charge in [0.05, 0.1) is 11.8 Å². The number of carbonyl (C=O) groups excluding carboxylic acids is 1. The molecular weight excluding hydrogens is 354 g/mol. The first-order chi connectivity index (χ1) is 13.6. The number of furan rings is 1. The number of aryl methyl sites for hydroxylation is 1. The summed E-state index contributed by atoms with van der Waals surface area (Å²) in [6.45, 7) is 2.08. The van der Waals surface area contributed by atoms with Gasteiger partial charge in [-0.2, -0.15) is 0 Å². The second-order valence-electron chi connectivity index (χ2n) is 6.46. The van der Waals surface area contributed by atoms with E-state index in [1.54, 1.807) is 12.6 Å². The molecule has 4 N–H and O–H groups in total.